The highest BCUT2D eigenvalue weighted by Crippen LogP contribution is 2.31. The number of carbonyl (C=O) groups excluding carboxylic acids is 1. The van der Waals surface area contributed by atoms with E-state index >= 15 is 0 Å². The lowest BCUT2D eigenvalue weighted by Crippen LogP contribution is -2.30. The van der Waals surface area contributed by atoms with Crippen LogP contribution in [-0.4, -0.2) is 41.5 Å². The third-order valence-corrected chi connectivity index (χ3v) is 5.22. The van der Waals surface area contributed by atoms with Gasteiger partial charge in [0.05, 0.1) is 0 Å². The van der Waals surface area contributed by atoms with Gasteiger partial charge in [0.25, 0.3) is 5.91 Å². The number of benzene rings is 2. The average molecular weight is 400 g/mol. The Morgan fingerprint density at radius 1 is 1.10 bits per heavy atom. The maximum absolute atomic E-state index is 12.7. The summed E-state index contributed by atoms with van der Waals surface area (Å²) < 4.78 is 0. The van der Waals surface area contributed by atoms with Gasteiger partial charge < -0.3 is 20.9 Å². The first kappa shape index (κ1) is 19.4. The van der Waals surface area contributed by atoms with Crippen molar-refractivity contribution in [3.8, 4) is 0 Å². The number of hydrogen-bond acceptors (Lipinski definition) is 5. The minimum Gasteiger partial charge on any atom is -0.382 e. The van der Waals surface area contributed by atoms with Crippen molar-refractivity contribution in [1.29, 1.82) is 0 Å². The Balaban J connectivity index is 1.67. The van der Waals surface area contributed by atoms with Crippen molar-refractivity contribution in [2.45, 2.75) is 5.92 Å². The molecule has 0 spiro atoms. The normalized spacial score (nSPS) is 11.9. The number of carbonyl (C=O) groups is 1. The molecular formula is C23H24N6O. The van der Waals surface area contributed by atoms with Gasteiger partial charge in [-0.05, 0) is 29.3 Å². The zero-order valence-corrected chi connectivity index (χ0v) is 17.0. The van der Waals surface area contributed by atoms with Crippen LogP contribution in [0.5, 0.6) is 0 Å². The van der Waals surface area contributed by atoms with Crippen molar-refractivity contribution in [3.05, 3.63) is 83.9 Å². The first-order valence-corrected chi connectivity index (χ1v) is 9.72. The van der Waals surface area contributed by atoms with Crippen molar-refractivity contribution in [2.24, 2.45) is 0 Å². The predicted molar refractivity (Wildman–Crippen MR) is 120 cm³/mol. The van der Waals surface area contributed by atoms with Crippen LogP contribution in [0.2, 0.25) is 0 Å². The lowest BCUT2D eigenvalue weighted by Gasteiger charge is -2.20. The molecule has 1 atom stereocenters. The molecule has 0 saturated carbocycles. The number of hydrogen-bond donors (Lipinski definition) is 3. The summed E-state index contributed by atoms with van der Waals surface area (Å²) in [7, 11) is 4.02. The summed E-state index contributed by atoms with van der Waals surface area (Å²) >= 11 is 0. The van der Waals surface area contributed by atoms with Crippen LogP contribution >= 0.6 is 0 Å². The third kappa shape index (κ3) is 3.82. The van der Waals surface area contributed by atoms with Gasteiger partial charge in [0.2, 0.25) is 0 Å². The number of aromatic nitrogens is 3. The summed E-state index contributed by atoms with van der Waals surface area (Å²) in [5.41, 5.74) is 10.4. The molecule has 152 valence electrons. The minimum absolute atomic E-state index is 0.0424. The highest BCUT2D eigenvalue weighted by atomic mass is 16.1. The molecule has 4 N–H and O–H groups in total. The van der Waals surface area contributed by atoms with Crippen LogP contribution in [-0.2, 0) is 0 Å². The van der Waals surface area contributed by atoms with Gasteiger partial charge in [-0.2, -0.15) is 0 Å². The largest absolute Gasteiger partial charge is 0.382 e. The van der Waals surface area contributed by atoms with Crippen molar-refractivity contribution < 1.29 is 4.79 Å². The van der Waals surface area contributed by atoms with Gasteiger partial charge in [-0.15, -0.1) is 0 Å². The molecule has 0 aliphatic heterocycles. The molecule has 7 heteroatoms. The monoisotopic (exact) mass is 400 g/mol. The number of para-hydroxylation sites is 1. The van der Waals surface area contributed by atoms with Gasteiger partial charge in [-0.1, -0.05) is 30.3 Å². The van der Waals surface area contributed by atoms with E-state index in [0.717, 1.165) is 27.7 Å². The highest BCUT2D eigenvalue weighted by molar-refractivity contribution is 5.96. The zero-order valence-electron chi connectivity index (χ0n) is 17.0. The summed E-state index contributed by atoms with van der Waals surface area (Å²) in [5, 5.41) is 4.11. The van der Waals surface area contributed by atoms with E-state index in [1.54, 1.807) is 0 Å². The fourth-order valence-electron chi connectivity index (χ4n) is 3.60. The quantitative estimate of drug-likeness (QED) is 0.462. The van der Waals surface area contributed by atoms with Gasteiger partial charge in [-0.25, -0.2) is 9.97 Å². The first-order chi connectivity index (χ1) is 14.5. The van der Waals surface area contributed by atoms with E-state index in [4.69, 9.17) is 5.73 Å². The Bertz CT molecular complexity index is 1170. The average Bonchev–Trinajstić information content (AvgIpc) is 3.18. The van der Waals surface area contributed by atoms with E-state index < -0.39 is 0 Å². The fraction of sp³-hybridized carbons (Fsp3) is 0.174. The van der Waals surface area contributed by atoms with Gasteiger partial charge in [-0.3, -0.25) is 4.79 Å². The molecule has 0 aliphatic rings. The van der Waals surface area contributed by atoms with Gasteiger partial charge in [0.1, 0.15) is 0 Å². The number of fused-ring (bicyclic) bond motifs is 1. The maximum atomic E-state index is 12.7. The second-order valence-electron chi connectivity index (χ2n) is 7.33. The molecular weight excluding hydrogens is 376 g/mol. The molecule has 30 heavy (non-hydrogen) atoms. The van der Waals surface area contributed by atoms with Gasteiger partial charge >= 0.3 is 0 Å². The van der Waals surface area contributed by atoms with Crippen molar-refractivity contribution in [2.75, 3.05) is 31.3 Å². The molecule has 4 aromatic rings. The molecule has 4 rings (SSSR count). The Morgan fingerprint density at radius 3 is 2.57 bits per heavy atom. The van der Waals surface area contributed by atoms with Crippen molar-refractivity contribution >= 4 is 28.3 Å². The van der Waals surface area contributed by atoms with Crippen LogP contribution in [0.1, 0.15) is 27.5 Å². The summed E-state index contributed by atoms with van der Waals surface area (Å²) in [6.45, 7) is 0.401. The number of anilines is 2. The Hall–Kier alpha value is -3.87. The van der Waals surface area contributed by atoms with E-state index in [1.165, 1.54) is 12.4 Å². The Labute approximate surface area is 175 Å². The highest BCUT2D eigenvalue weighted by Gasteiger charge is 2.21. The fourth-order valence-corrected chi connectivity index (χ4v) is 3.60. The van der Waals surface area contributed by atoms with E-state index in [-0.39, 0.29) is 23.3 Å². The number of nitrogen functional groups attached to an aromatic ring is 1. The zero-order chi connectivity index (χ0) is 21.1. The smallest absolute Gasteiger partial charge is 0.273 e. The summed E-state index contributed by atoms with van der Waals surface area (Å²) in [6.07, 6.45) is 4.94. The SMILES string of the molecule is CN(C)c1ccc(C(CNC(=O)c2nccnc2N)c2c[nH]c3ccccc23)cc1. The number of nitrogens with zero attached hydrogens (tertiary/aromatic N) is 3. The molecule has 2 aromatic heterocycles. The molecule has 0 saturated heterocycles. The predicted octanol–water partition coefficient (Wildman–Crippen LogP) is 3.17. The first-order valence-electron chi connectivity index (χ1n) is 9.72. The second-order valence-corrected chi connectivity index (χ2v) is 7.33. The molecule has 0 fully saturated rings. The summed E-state index contributed by atoms with van der Waals surface area (Å²) in [5.74, 6) is -0.261. The Morgan fingerprint density at radius 2 is 1.83 bits per heavy atom. The second kappa shape index (κ2) is 8.24. The molecule has 7 nitrogen and oxygen atoms in total. The van der Waals surface area contributed by atoms with Crippen LogP contribution in [0.3, 0.4) is 0 Å². The number of H-pyrrole nitrogens is 1. The summed E-state index contributed by atoms with van der Waals surface area (Å²) in [4.78, 5) is 26.1. The minimum atomic E-state index is -0.338. The lowest BCUT2D eigenvalue weighted by molar-refractivity contribution is 0.0948. The number of amides is 1. The summed E-state index contributed by atoms with van der Waals surface area (Å²) in [6, 6.07) is 16.5. The van der Waals surface area contributed by atoms with Crippen LogP contribution in [0.4, 0.5) is 11.5 Å². The van der Waals surface area contributed by atoms with E-state index in [9.17, 15) is 4.79 Å². The van der Waals surface area contributed by atoms with E-state index in [1.807, 2.05) is 38.5 Å². The van der Waals surface area contributed by atoms with E-state index in [2.05, 4.69) is 55.5 Å². The number of rotatable bonds is 6. The molecule has 0 aliphatic carbocycles. The van der Waals surface area contributed by atoms with Crippen LogP contribution in [0.15, 0.2) is 67.1 Å². The number of aromatic amines is 1. The van der Waals surface area contributed by atoms with Gasteiger partial charge in [0, 0.05) is 61.7 Å². The van der Waals surface area contributed by atoms with Crippen molar-refractivity contribution in [3.63, 3.8) is 0 Å². The molecule has 1 unspecified atom stereocenters. The lowest BCUT2D eigenvalue weighted by atomic mass is 9.90. The maximum Gasteiger partial charge on any atom is 0.273 e. The number of nitrogens with two attached hydrogens (primary N) is 1. The topological polar surface area (TPSA) is 99.9 Å². The molecule has 1 amide bonds. The van der Waals surface area contributed by atoms with Gasteiger partial charge in [0.15, 0.2) is 11.5 Å². The van der Waals surface area contributed by atoms with Crippen LogP contribution in [0.25, 0.3) is 10.9 Å². The van der Waals surface area contributed by atoms with Crippen LogP contribution in [0, 0.1) is 0 Å². The van der Waals surface area contributed by atoms with Crippen molar-refractivity contribution in [1.82, 2.24) is 20.3 Å². The molecule has 2 aromatic carbocycles. The molecule has 0 radical (unpaired) electrons. The molecule has 2 heterocycles. The third-order valence-electron chi connectivity index (χ3n) is 5.22. The van der Waals surface area contributed by atoms with Crippen LogP contribution < -0.4 is 16.0 Å². The van der Waals surface area contributed by atoms with E-state index in [0.29, 0.717) is 6.54 Å². The standard InChI is InChI=1S/C23H24N6O/c1-29(2)16-9-7-15(8-10-16)18(19-14-27-20-6-4-3-5-17(19)20)13-28-23(30)21-22(24)26-12-11-25-21/h3-12,14,18,27H,13H2,1-2H3,(H2,24,26)(H,28,30). The molecule has 0 bridgehead atoms. The number of nitrogens with one attached hydrogen (secondary N) is 2. The Kier molecular flexibility index (Phi) is 5.34.